The van der Waals surface area contributed by atoms with Crippen molar-refractivity contribution in [1.82, 2.24) is 0 Å². The summed E-state index contributed by atoms with van der Waals surface area (Å²) in [6.07, 6.45) is 0. The second-order valence-corrected chi connectivity index (χ2v) is 4.92. The van der Waals surface area contributed by atoms with E-state index in [1.165, 1.54) is 0 Å². The van der Waals surface area contributed by atoms with Gasteiger partial charge in [0.2, 0.25) is 0 Å². The Morgan fingerprint density at radius 2 is 2.07 bits per heavy atom. The Bertz CT molecular complexity index is 603. The number of carboxylic acid groups (broad SMARTS) is 1. The van der Waals surface area contributed by atoms with Gasteiger partial charge in [-0.1, -0.05) is 15.9 Å². The van der Waals surface area contributed by atoms with Gasteiger partial charge < -0.3 is 5.11 Å². The molecule has 2 rings (SSSR count). The Kier molecular flexibility index (Phi) is 2.58. The van der Waals surface area contributed by atoms with Crippen LogP contribution in [0.2, 0.25) is 0 Å². The predicted molar refractivity (Wildman–Crippen MR) is 62.8 cm³/mol. The highest BCUT2D eigenvalue weighted by Crippen LogP contribution is 2.22. The van der Waals surface area contributed by atoms with E-state index in [-0.39, 0.29) is 10.3 Å². The van der Waals surface area contributed by atoms with E-state index in [1.54, 1.807) is 18.2 Å². The summed E-state index contributed by atoms with van der Waals surface area (Å²) in [4.78, 5) is 22.4. The van der Waals surface area contributed by atoms with E-state index in [9.17, 15) is 9.59 Å². The fraction of sp³-hybridized carbons (Fsp3) is 0. The van der Waals surface area contributed by atoms with Gasteiger partial charge in [-0.3, -0.25) is 4.79 Å². The molecule has 76 valence electrons. The fourth-order valence-electron chi connectivity index (χ4n) is 1.23. The molecule has 0 spiro atoms. The van der Waals surface area contributed by atoms with Crippen LogP contribution in [0.25, 0.3) is 10.1 Å². The maximum atomic E-state index is 11.6. The highest BCUT2D eigenvalue weighted by atomic mass is 79.9. The maximum Gasteiger partial charge on any atom is 0.346 e. The lowest BCUT2D eigenvalue weighted by Crippen LogP contribution is -2.04. The van der Waals surface area contributed by atoms with Crippen LogP contribution >= 0.6 is 27.3 Å². The average Bonchev–Trinajstić information content (AvgIpc) is 2.18. The lowest BCUT2D eigenvalue weighted by atomic mass is 10.2. The first-order valence-corrected chi connectivity index (χ1v) is 5.65. The van der Waals surface area contributed by atoms with Crippen LogP contribution in [0.15, 0.2) is 33.5 Å². The van der Waals surface area contributed by atoms with E-state index in [0.717, 1.165) is 21.9 Å². The standard InChI is InChI=1S/C10H5BrO3S/c11-5-1-2-8-6(3-5)7(12)4-9(15-8)10(13)14/h1-4H,(H,13,14). The van der Waals surface area contributed by atoms with Crippen LogP contribution in [0, 0.1) is 0 Å². The van der Waals surface area contributed by atoms with Gasteiger partial charge in [-0.15, -0.1) is 11.3 Å². The quantitative estimate of drug-likeness (QED) is 0.876. The lowest BCUT2D eigenvalue weighted by molar-refractivity contribution is 0.0702. The van der Waals surface area contributed by atoms with Crippen molar-refractivity contribution in [2.24, 2.45) is 0 Å². The molecule has 1 heterocycles. The minimum atomic E-state index is -1.07. The number of carboxylic acids is 1. The van der Waals surface area contributed by atoms with Crippen LogP contribution in [-0.2, 0) is 0 Å². The van der Waals surface area contributed by atoms with E-state index in [2.05, 4.69) is 15.9 Å². The fourth-order valence-corrected chi connectivity index (χ4v) is 2.49. The Balaban J connectivity index is 2.84. The Labute approximate surface area is 97.1 Å². The minimum Gasteiger partial charge on any atom is -0.477 e. The third-order valence-electron chi connectivity index (χ3n) is 1.90. The number of hydrogen-bond acceptors (Lipinski definition) is 3. The molecule has 0 unspecified atom stereocenters. The van der Waals surface area contributed by atoms with Crippen molar-refractivity contribution >= 4 is 43.3 Å². The summed E-state index contributed by atoms with van der Waals surface area (Å²) < 4.78 is 1.49. The van der Waals surface area contributed by atoms with Crippen LogP contribution in [0.4, 0.5) is 0 Å². The van der Waals surface area contributed by atoms with Crippen molar-refractivity contribution in [3.63, 3.8) is 0 Å². The van der Waals surface area contributed by atoms with Gasteiger partial charge in [-0.25, -0.2) is 4.79 Å². The summed E-state index contributed by atoms with van der Waals surface area (Å²) in [5.74, 6) is -1.07. The number of rotatable bonds is 1. The van der Waals surface area contributed by atoms with E-state index in [4.69, 9.17) is 5.11 Å². The number of carbonyl (C=O) groups is 1. The molecule has 5 heteroatoms. The predicted octanol–water partition coefficient (Wildman–Crippen LogP) is 2.72. The van der Waals surface area contributed by atoms with Gasteiger partial charge in [0.05, 0.1) is 0 Å². The number of aromatic carboxylic acids is 1. The molecule has 3 nitrogen and oxygen atoms in total. The molecule has 0 fully saturated rings. The van der Waals surface area contributed by atoms with Gasteiger partial charge in [0.1, 0.15) is 4.88 Å². The zero-order chi connectivity index (χ0) is 11.0. The highest BCUT2D eigenvalue weighted by molar-refractivity contribution is 9.10. The van der Waals surface area contributed by atoms with E-state index < -0.39 is 5.97 Å². The molecular weight excluding hydrogens is 280 g/mol. The molecule has 1 aromatic carbocycles. The molecule has 1 N–H and O–H groups in total. The summed E-state index contributed by atoms with van der Waals surface area (Å²) in [7, 11) is 0. The van der Waals surface area contributed by atoms with Crippen LogP contribution < -0.4 is 5.43 Å². The molecule has 0 aliphatic heterocycles. The van der Waals surface area contributed by atoms with Crippen LogP contribution in [-0.4, -0.2) is 11.1 Å². The number of fused-ring (bicyclic) bond motifs is 1. The monoisotopic (exact) mass is 284 g/mol. The lowest BCUT2D eigenvalue weighted by Gasteiger charge is -1.98. The molecule has 0 aliphatic rings. The maximum absolute atomic E-state index is 11.6. The van der Waals surface area contributed by atoms with Gasteiger partial charge in [0.15, 0.2) is 5.43 Å². The summed E-state index contributed by atoms with van der Waals surface area (Å²) in [5.41, 5.74) is -0.262. The molecule has 2 aromatic rings. The Morgan fingerprint density at radius 3 is 2.73 bits per heavy atom. The molecular formula is C10H5BrO3S. The third kappa shape index (κ3) is 1.93. The average molecular weight is 285 g/mol. The van der Waals surface area contributed by atoms with Crippen LogP contribution in [0.5, 0.6) is 0 Å². The molecule has 0 saturated carbocycles. The summed E-state index contributed by atoms with van der Waals surface area (Å²) in [6.45, 7) is 0. The van der Waals surface area contributed by atoms with E-state index >= 15 is 0 Å². The van der Waals surface area contributed by atoms with Gasteiger partial charge in [0.25, 0.3) is 0 Å². The molecule has 0 amide bonds. The van der Waals surface area contributed by atoms with Crippen molar-refractivity contribution in [2.75, 3.05) is 0 Å². The van der Waals surface area contributed by atoms with Crippen molar-refractivity contribution in [2.45, 2.75) is 0 Å². The molecule has 0 radical (unpaired) electrons. The number of benzene rings is 1. The molecule has 0 atom stereocenters. The number of halogens is 1. The largest absolute Gasteiger partial charge is 0.477 e. The van der Waals surface area contributed by atoms with Gasteiger partial charge >= 0.3 is 5.97 Å². The van der Waals surface area contributed by atoms with E-state index in [1.807, 2.05) is 0 Å². The van der Waals surface area contributed by atoms with Crippen LogP contribution in [0.1, 0.15) is 9.67 Å². The molecule has 0 saturated heterocycles. The SMILES string of the molecule is O=C(O)c1cc(=O)c2cc(Br)ccc2s1. The van der Waals surface area contributed by atoms with Crippen molar-refractivity contribution in [3.05, 3.63) is 43.8 Å². The first kappa shape index (κ1) is 10.3. The van der Waals surface area contributed by atoms with Crippen LogP contribution in [0.3, 0.4) is 0 Å². The van der Waals surface area contributed by atoms with Crippen molar-refractivity contribution in [3.8, 4) is 0 Å². The smallest absolute Gasteiger partial charge is 0.346 e. The second-order valence-electron chi connectivity index (χ2n) is 2.92. The topological polar surface area (TPSA) is 54.4 Å². The molecule has 1 aromatic heterocycles. The molecule has 0 bridgehead atoms. The molecule has 15 heavy (non-hydrogen) atoms. The third-order valence-corrected chi connectivity index (χ3v) is 3.48. The Morgan fingerprint density at radius 1 is 1.33 bits per heavy atom. The van der Waals surface area contributed by atoms with Gasteiger partial charge in [0, 0.05) is 20.6 Å². The zero-order valence-corrected chi connectivity index (χ0v) is 9.76. The van der Waals surface area contributed by atoms with Crippen molar-refractivity contribution in [1.29, 1.82) is 0 Å². The number of hydrogen-bond donors (Lipinski definition) is 1. The Hall–Kier alpha value is -1.20. The summed E-state index contributed by atoms with van der Waals surface area (Å²) in [5, 5.41) is 9.33. The van der Waals surface area contributed by atoms with E-state index in [0.29, 0.717) is 10.1 Å². The normalized spacial score (nSPS) is 10.5. The summed E-state index contributed by atoms with van der Waals surface area (Å²) >= 11 is 4.36. The first-order valence-electron chi connectivity index (χ1n) is 4.04. The molecule has 0 aliphatic carbocycles. The minimum absolute atomic E-state index is 0.0647. The first-order chi connectivity index (χ1) is 7.08. The van der Waals surface area contributed by atoms with Gasteiger partial charge in [-0.2, -0.15) is 0 Å². The zero-order valence-electron chi connectivity index (χ0n) is 7.36. The highest BCUT2D eigenvalue weighted by Gasteiger charge is 2.08. The second kappa shape index (κ2) is 3.75. The van der Waals surface area contributed by atoms with Gasteiger partial charge in [-0.05, 0) is 18.2 Å². The van der Waals surface area contributed by atoms with Crippen molar-refractivity contribution < 1.29 is 9.90 Å². The summed E-state index contributed by atoms with van der Waals surface area (Å²) in [6, 6.07) is 6.36.